The summed E-state index contributed by atoms with van der Waals surface area (Å²) in [5.41, 5.74) is 6.98. The maximum atomic E-state index is 9.37. The highest BCUT2D eigenvalue weighted by Gasteiger charge is 2.10. The molecule has 6 heteroatoms. The molecule has 0 amide bonds. The Kier molecular flexibility index (Phi) is 5.88. The Bertz CT molecular complexity index is 760. The van der Waals surface area contributed by atoms with Gasteiger partial charge < -0.3 is 9.64 Å². The van der Waals surface area contributed by atoms with Crippen molar-refractivity contribution in [2.75, 3.05) is 31.5 Å². The van der Waals surface area contributed by atoms with Gasteiger partial charge in [-0.15, -0.1) is 0 Å². The van der Waals surface area contributed by atoms with Gasteiger partial charge in [-0.25, -0.2) is 4.98 Å². The fourth-order valence-corrected chi connectivity index (χ4v) is 2.24. The predicted molar refractivity (Wildman–Crippen MR) is 96.4 cm³/mol. The van der Waals surface area contributed by atoms with E-state index in [4.69, 9.17) is 4.74 Å². The number of aromatic nitrogens is 1. The van der Waals surface area contributed by atoms with Crippen molar-refractivity contribution in [3.63, 3.8) is 0 Å². The Morgan fingerprint density at radius 1 is 1.33 bits per heavy atom. The average molecular weight is 323 g/mol. The molecule has 0 unspecified atom stereocenters. The monoisotopic (exact) mass is 323 g/mol. The van der Waals surface area contributed by atoms with Crippen LogP contribution in [0, 0.1) is 18.3 Å². The highest BCUT2D eigenvalue weighted by Crippen LogP contribution is 2.19. The first-order valence-corrected chi connectivity index (χ1v) is 7.51. The molecule has 1 aromatic carbocycles. The smallest absolute Gasteiger partial charge is 0.164 e. The number of hydrazone groups is 1. The summed E-state index contributed by atoms with van der Waals surface area (Å²) in [5, 5.41) is 13.6. The Balaban J connectivity index is 2.17. The van der Waals surface area contributed by atoms with E-state index in [0.29, 0.717) is 18.0 Å². The number of rotatable bonds is 6. The van der Waals surface area contributed by atoms with Crippen LogP contribution in [-0.4, -0.2) is 32.4 Å². The third-order valence-electron chi connectivity index (χ3n) is 3.43. The summed E-state index contributed by atoms with van der Waals surface area (Å²) in [7, 11) is 5.59. The molecular formula is C18H21N5O. The summed E-state index contributed by atoms with van der Waals surface area (Å²) in [6.07, 6.45) is 1.70. The predicted octanol–water partition coefficient (Wildman–Crippen LogP) is 2.92. The van der Waals surface area contributed by atoms with Crippen molar-refractivity contribution in [3.8, 4) is 6.07 Å². The van der Waals surface area contributed by atoms with Crippen LogP contribution in [0.15, 0.2) is 35.4 Å². The second-order valence-corrected chi connectivity index (χ2v) is 5.55. The summed E-state index contributed by atoms with van der Waals surface area (Å²) in [6.45, 7) is 2.23. The number of nitrogens with one attached hydrogen (secondary N) is 1. The van der Waals surface area contributed by atoms with Crippen molar-refractivity contribution in [2.45, 2.75) is 13.5 Å². The molecule has 124 valence electrons. The normalized spacial score (nSPS) is 10.6. The van der Waals surface area contributed by atoms with E-state index >= 15 is 0 Å². The van der Waals surface area contributed by atoms with Gasteiger partial charge in [-0.2, -0.15) is 10.4 Å². The number of ether oxygens (including phenoxy) is 1. The van der Waals surface area contributed by atoms with Crippen LogP contribution in [0.3, 0.4) is 0 Å². The highest BCUT2D eigenvalue weighted by atomic mass is 16.5. The Hall–Kier alpha value is -2.91. The van der Waals surface area contributed by atoms with Gasteiger partial charge in [0.25, 0.3) is 0 Å². The number of anilines is 2. The van der Waals surface area contributed by atoms with Crippen LogP contribution in [0.1, 0.15) is 22.4 Å². The fourth-order valence-electron chi connectivity index (χ4n) is 2.24. The van der Waals surface area contributed by atoms with Crippen molar-refractivity contribution in [2.24, 2.45) is 5.10 Å². The van der Waals surface area contributed by atoms with Gasteiger partial charge in [0.1, 0.15) is 11.6 Å². The average Bonchev–Trinajstić information content (AvgIpc) is 2.55. The number of hydrogen-bond donors (Lipinski definition) is 1. The van der Waals surface area contributed by atoms with Gasteiger partial charge in [0.15, 0.2) is 5.82 Å². The molecule has 0 aliphatic heterocycles. The molecule has 0 atom stereocenters. The second-order valence-electron chi connectivity index (χ2n) is 5.55. The van der Waals surface area contributed by atoms with Crippen molar-refractivity contribution in [1.29, 1.82) is 5.26 Å². The lowest BCUT2D eigenvalue weighted by Gasteiger charge is -2.11. The Morgan fingerprint density at radius 3 is 2.62 bits per heavy atom. The molecule has 0 fully saturated rings. The molecule has 0 saturated heterocycles. The van der Waals surface area contributed by atoms with E-state index in [1.54, 1.807) is 13.3 Å². The van der Waals surface area contributed by atoms with Crippen molar-refractivity contribution in [3.05, 3.63) is 52.7 Å². The molecule has 0 spiro atoms. The summed E-state index contributed by atoms with van der Waals surface area (Å²) in [4.78, 5) is 6.38. The summed E-state index contributed by atoms with van der Waals surface area (Å²) in [6, 6.07) is 12.0. The zero-order chi connectivity index (χ0) is 17.5. The van der Waals surface area contributed by atoms with Crippen LogP contribution >= 0.6 is 0 Å². The number of aryl methyl sites for hydroxylation is 1. The quantitative estimate of drug-likeness (QED) is 0.653. The van der Waals surface area contributed by atoms with Crippen molar-refractivity contribution >= 4 is 17.7 Å². The van der Waals surface area contributed by atoms with E-state index in [9.17, 15) is 5.26 Å². The van der Waals surface area contributed by atoms with Gasteiger partial charge in [-0.05, 0) is 30.7 Å². The molecule has 1 aromatic heterocycles. The summed E-state index contributed by atoms with van der Waals surface area (Å²) in [5.74, 6) is 0.436. The molecule has 2 aromatic rings. The molecule has 0 bridgehead atoms. The first kappa shape index (κ1) is 17.4. The highest BCUT2D eigenvalue weighted by molar-refractivity contribution is 5.81. The minimum absolute atomic E-state index is 0.358. The maximum absolute atomic E-state index is 9.37. The lowest BCUT2D eigenvalue weighted by Crippen LogP contribution is -2.08. The fraction of sp³-hybridized carbons (Fsp3) is 0.278. The molecule has 0 aliphatic rings. The first-order valence-electron chi connectivity index (χ1n) is 7.51. The topological polar surface area (TPSA) is 73.5 Å². The van der Waals surface area contributed by atoms with Gasteiger partial charge in [0, 0.05) is 38.1 Å². The number of nitrogens with zero attached hydrogens (tertiary/aromatic N) is 4. The largest absolute Gasteiger partial charge is 0.380 e. The van der Waals surface area contributed by atoms with E-state index in [1.165, 1.54) is 0 Å². The van der Waals surface area contributed by atoms with Gasteiger partial charge in [-0.1, -0.05) is 12.1 Å². The van der Waals surface area contributed by atoms with E-state index in [2.05, 4.69) is 21.6 Å². The standard InChI is InChI=1S/C18H21N5O/c1-13-9-15(12-24-4)17(10-19)18(21-13)22-20-11-14-5-7-16(8-6-14)23(2)3/h5-9,11H,12H2,1-4H3,(H,21,22)/b20-11-. The van der Waals surface area contributed by atoms with E-state index in [-0.39, 0.29) is 0 Å². The minimum Gasteiger partial charge on any atom is -0.380 e. The number of hydrogen-bond acceptors (Lipinski definition) is 6. The van der Waals surface area contributed by atoms with Gasteiger partial charge in [-0.3, -0.25) is 5.43 Å². The molecule has 0 radical (unpaired) electrons. The van der Waals surface area contributed by atoms with Crippen LogP contribution in [0.5, 0.6) is 0 Å². The maximum Gasteiger partial charge on any atom is 0.164 e. The second kappa shape index (κ2) is 8.09. The van der Waals surface area contributed by atoms with Gasteiger partial charge in [0.2, 0.25) is 0 Å². The molecule has 6 nitrogen and oxygen atoms in total. The van der Waals surface area contributed by atoms with Gasteiger partial charge >= 0.3 is 0 Å². The van der Waals surface area contributed by atoms with Crippen LogP contribution in [0.25, 0.3) is 0 Å². The van der Waals surface area contributed by atoms with Crippen molar-refractivity contribution < 1.29 is 4.74 Å². The SMILES string of the molecule is COCc1cc(C)nc(N/N=C\c2ccc(N(C)C)cc2)c1C#N. The summed E-state index contributed by atoms with van der Waals surface area (Å²) >= 11 is 0. The minimum atomic E-state index is 0.358. The third-order valence-corrected chi connectivity index (χ3v) is 3.43. The number of benzene rings is 1. The van der Waals surface area contributed by atoms with Gasteiger partial charge in [0.05, 0.1) is 12.8 Å². The number of methoxy groups -OCH3 is 1. The molecule has 0 saturated carbocycles. The van der Waals surface area contributed by atoms with Crippen LogP contribution in [0.2, 0.25) is 0 Å². The lowest BCUT2D eigenvalue weighted by molar-refractivity contribution is 0.184. The molecular weight excluding hydrogens is 302 g/mol. The Labute approximate surface area is 142 Å². The zero-order valence-corrected chi connectivity index (χ0v) is 14.4. The third kappa shape index (κ3) is 4.31. The van der Waals surface area contributed by atoms with Crippen LogP contribution < -0.4 is 10.3 Å². The molecule has 0 aliphatic carbocycles. The molecule has 2 rings (SSSR count). The number of nitriles is 1. The molecule has 24 heavy (non-hydrogen) atoms. The zero-order valence-electron chi connectivity index (χ0n) is 14.4. The van der Waals surface area contributed by atoms with E-state index in [1.807, 2.05) is 56.3 Å². The van der Waals surface area contributed by atoms with E-state index < -0.39 is 0 Å². The summed E-state index contributed by atoms with van der Waals surface area (Å²) < 4.78 is 5.14. The lowest BCUT2D eigenvalue weighted by atomic mass is 10.1. The van der Waals surface area contributed by atoms with Crippen LogP contribution in [-0.2, 0) is 11.3 Å². The van der Waals surface area contributed by atoms with Crippen LogP contribution in [0.4, 0.5) is 11.5 Å². The number of pyridine rings is 1. The first-order chi connectivity index (χ1) is 11.5. The molecule has 1 heterocycles. The molecule has 1 N–H and O–H groups in total. The Morgan fingerprint density at radius 2 is 2.04 bits per heavy atom. The van der Waals surface area contributed by atoms with E-state index in [0.717, 1.165) is 22.5 Å². The van der Waals surface area contributed by atoms with Crippen molar-refractivity contribution in [1.82, 2.24) is 4.98 Å².